The number of nitrogens with one attached hydrogen (secondary N) is 2. The monoisotopic (exact) mass is 192 g/mol. The molecule has 0 aromatic carbocycles. The summed E-state index contributed by atoms with van der Waals surface area (Å²) in [5.41, 5.74) is 2.93. The lowest BCUT2D eigenvalue weighted by molar-refractivity contribution is 0.166. The van der Waals surface area contributed by atoms with E-state index in [0.29, 0.717) is 0 Å². The van der Waals surface area contributed by atoms with Crippen molar-refractivity contribution in [2.24, 2.45) is 0 Å². The van der Waals surface area contributed by atoms with E-state index in [1.807, 2.05) is 6.20 Å². The summed E-state index contributed by atoms with van der Waals surface area (Å²) in [6, 6.07) is 0. The lowest BCUT2D eigenvalue weighted by Crippen LogP contribution is -2.46. The Bertz CT molecular complexity index is 336. The Labute approximate surface area is 83.7 Å². The number of fused-ring (bicyclic) bond motifs is 2. The number of hydrogen-bond acceptors (Lipinski definition) is 3. The van der Waals surface area contributed by atoms with Gasteiger partial charge in [0.2, 0.25) is 0 Å². The molecule has 1 aromatic rings. The SMILES string of the molecule is CN1CCC2(CC1)NCc1[nH]ncc12. The van der Waals surface area contributed by atoms with Crippen LogP contribution < -0.4 is 5.32 Å². The molecule has 0 radical (unpaired) electrons. The predicted molar refractivity (Wildman–Crippen MR) is 53.8 cm³/mol. The number of piperidine rings is 1. The Morgan fingerprint density at radius 1 is 1.43 bits per heavy atom. The van der Waals surface area contributed by atoms with E-state index in [1.54, 1.807) is 0 Å². The van der Waals surface area contributed by atoms with Crippen LogP contribution in [0.3, 0.4) is 0 Å². The summed E-state index contributed by atoms with van der Waals surface area (Å²) in [7, 11) is 2.19. The van der Waals surface area contributed by atoms with Gasteiger partial charge in [-0.25, -0.2) is 0 Å². The van der Waals surface area contributed by atoms with Crippen molar-refractivity contribution in [1.82, 2.24) is 20.4 Å². The summed E-state index contributed by atoms with van der Waals surface area (Å²) >= 11 is 0. The van der Waals surface area contributed by atoms with E-state index >= 15 is 0 Å². The van der Waals surface area contributed by atoms with Gasteiger partial charge in [-0.05, 0) is 33.0 Å². The molecule has 3 heterocycles. The third kappa shape index (κ3) is 1.04. The lowest BCUT2D eigenvalue weighted by Gasteiger charge is -2.38. The maximum atomic E-state index is 4.13. The second-order valence-electron chi connectivity index (χ2n) is 4.50. The van der Waals surface area contributed by atoms with Crippen molar-refractivity contribution >= 4 is 0 Å². The molecule has 0 amide bonds. The van der Waals surface area contributed by atoms with Crippen molar-refractivity contribution in [2.45, 2.75) is 24.9 Å². The standard InChI is InChI=1S/C10H16N4/c1-14-4-2-10(3-5-14)8-6-12-13-9(8)7-11-10/h6,11H,2-5,7H2,1H3,(H,12,13). The van der Waals surface area contributed by atoms with Crippen LogP contribution in [0, 0.1) is 0 Å². The highest BCUT2D eigenvalue weighted by Crippen LogP contribution is 2.38. The van der Waals surface area contributed by atoms with E-state index in [1.165, 1.54) is 37.2 Å². The molecule has 14 heavy (non-hydrogen) atoms. The zero-order chi connectivity index (χ0) is 9.60. The fourth-order valence-electron chi connectivity index (χ4n) is 2.66. The van der Waals surface area contributed by atoms with Gasteiger partial charge in [0.05, 0.1) is 11.9 Å². The topological polar surface area (TPSA) is 44.0 Å². The number of hydrogen-bond donors (Lipinski definition) is 2. The molecular weight excluding hydrogens is 176 g/mol. The van der Waals surface area contributed by atoms with E-state index in [0.717, 1.165) is 6.54 Å². The molecule has 1 spiro atoms. The molecule has 4 nitrogen and oxygen atoms in total. The fourth-order valence-corrected chi connectivity index (χ4v) is 2.66. The molecule has 4 heteroatoms. The Kier molecular flexibility index (Phi) is 1.69. The molecule has 2 aliphatic rings. The van der Waals surface area contributed by atoms with Crippen LogP contribution in [0.5, 0.6) is 0 Å². The van der Waals surface area contributed by atoms with Crippen LogP contribution >= 0.6 is 0 Å². The second-order valence-corrected chi connectivity index (χ2v) is 4.50. The molecule has 2 N–H and O–H groups in total. The third-order valence-electron chi connectivity index (χ3n) is 3.68. The van der Waals surface area contributed by atoms with Crippen molar-refractivity contribution in [3.63, 3.8) is 0 Å². The summed E-state index contributed by atoms with van der Waals surface area (Å²) in [4.78, 5) is 2.39. The third-order valence-corrected chi connectivity index (χ3v) is 3.68. The zero-order valence-corrected chi connectivity index (χ0v) is 8.51. The molecule has 1 saturated heterocycles. The van der Waals surface area contributed by atoms with E-state index in [2.05, 4.69) is 27.5 Å². The first kappa shape index (κ1) is 8.44. The van der Waals surface area contributed by atoms with Crippen molar-refractivity contribution in [1.29, 1.82) is 0 Å². The minimum atomic E-state index is 0.231. The highest BCUT2D eigenvalue weighted by atomic mass is 15.2. The minimum absolute atomic E-state index is 0.231. The van der Waals surface area contributed by atoms with Crippen LogP contribution in [0.15, 0.2) is 6.20 Å². The minimum Gasteiger partial charge on any atom is -0.306 e. The second kappa shape index (κ2) is 2.81. The molecule has 0 bridgehead atoms. The predicted octanol–water partition coefficient (Wildman–Crippen LogP) is 0.434. The number of aromatic nitrogens is 2. The van der Waals surface area contributed by atoms with Crippen LogP contribution in [-0.2, 0) is 12.1 Å². The lowest BCUT2D eigenvalue weighted by atomic mass is 9.84. The average Bonchev–Trinajstić information content (AvgIpc) is 2.75. The number of H-pyrrole nitrogens is 1. The Balaban J connectivity index is 1.92. The molecule has 0 atom stereocenters. The van der Waals surface area contributed by atoms with Gasteiger partial charge in [0.15, 0.2) is 0 Å². The summed E-state index contributed by atoms with van der Waals surface area (Å²) < 4.78 is 0. The molecule has 0 unspecified atom stereocenters. The number of nitrogens with zero attached hydrogens (tertiary/aromatic N) is 2. The highest BCUT2D eigenvalue weighted by Gasteiger charge is 2.41. The van der Waals surface area contributed by atoms with Gasteiger partial charge in [-0.3, -0.25) is 5.10 Å². The number of aromatic amines is 1. The van der Waals surface area contributed by atoms with E-state index < -0.39 is 0 Å². The molecule has 0 aliphatic carbocycles. The molecule has 0 saturated carbocycles. The van der Waals surface area contributed by atoms with E-state index in [-0.39, 0.29) is 5.54 Å². The maximum Gasteiger partial charge on any atom is 0.0541 e. The summed E-state index contributed by atoms with van der Waals surface area (Å²) in [5.74, 6) is 0. The quantitative estimate of drug-likeness (QED) is 0.626. The number of rotatable bonds is 0. The van der Waals surface area contributed by atoms with Crippen LogP contribution in [0.2, 0.25) is 0 Å². The fraction of sp³-hybridized carbons (Fsp3) is 0.700. The molecule has 1 aromatic heterocycles. The Morgan fingerprint density at radius 3 is 3.00 bits per heavy atom. The highest BCUT2D eigenvalue weighted by molar-refractivity contribution is 5.32. The summed E-state index contributed by atoms with van der Waals surface area (Å²) in [6.45, 7) is 3.31. The first-order chi connectivity index (χ1) is 6.80. The normalized spacial score (nSPS) is 25.5. The van der Waals surface area contributed by atoms with Crippen molar-refractivity contribution < 1.29 is 0 Å². The van der Waals surface area contributed by atoms with Crippen LogP contribution in [0.1, 0.15) is 24.1 Å². The Morgan fingerprint density at radius 2 is 2.21 bits per heavy atom. The van der Waals surface area contributed by atoms with Gasteiger partial charge in [-0.15, -0.1) is 0 Å². The zero-order valence-electron chi connectivity index (χ0n) is 8.51. The summed E-state index contributed by atoms with van der Waals surface area (Å²) in [6.07, 6.45) is 4.41. The van der Waals surface area contributed by atoms with Crippen molar-refractivity contribution in [3.8, 4) is 0 Å². The molecule has 3 rings (SSSR count). The first-order valence-electron chi connectivity index (χ1n) is 5.26. The van der Waals surface area contributed by atoms with Gasteiger partial charge in [0.25, 0.3) is 0 Å². The van der Waals surface area contributed by atoms with Crippen molar-refractivity contribution in [2.75, 3.05) is 20.1 Å². The van der Waals surface area contributed by atoms with Gasteiger partial charge < -0.3 is 10.2 Å². The van der Waals surface area contributed by atoms with Gasteiger partial charge in [-0.1, -0.05) is 0 Å². The molecule has 2 aliphatic heterocycles. The average molecular weight is 192 g/mol. The van der Waals surface area contributed by atoms with Gasteiger partial charge in [-0.2, -0.15) is 5.10 Å². The smallest absolute Gasteiger partial charge is 0.0541 e. The maximum absolute atomic E-state index is 4.13. The van der Waals surface area contributed by atoms with Crippen LogP contribution in [-0.4, -0.2) is 35.2 Å². The summed E-state index contributed by atoms with van der Waals surface area (Å²) in [5, 5.41) is 10.8. The largest absolute Gasteiger partial charge is 0.306 e. The van der Waals surface area contributed by atoms with E-state index in [9.17, 15) is 0 Å². The molecule has 1 fully saturated rings. The van der Waals surface area contributed by atoms with Crippen LogP contribution in [0.25, 0.3) is 0 Å². The molecule has 76 valence electrons. The van der Waals surface area contributed by atoms with Crippen molar-refractivity contribution in [3.05, 3.63) is 17.5 Å². The molecular formula is C10H16N4. The van der Waals surface area contributed by atoms with Gasteiger partial charge >= 0.3 is 0 Å². The van der Waals surface area contributed by atoms with E-state index in [4.69, 9.17) is 0 Å². The Hall–Kier alpha value is -0.870. The first-order valence-corrected chi connectivity index (χ1v) is 5.26. The van der Waals surface area contributed by atoms with Gasteiger partial charge in [0, 0.05) is 17.6 Å². The number of likely N-dealkylation sites (tertiary alicyclic amines) is 1. The van der Waals surface area contributed by atoms with Crippen LogP contribution in [0.4, 0.5) is 0 Å². The van der Waals surface area contributed by atoms with Gasteiger partial charge in [0.1, 0.15) is 0 Å².